The Labute approximate surface area is 154 Å². The molecule has 0 spiro atoms. The molecule has 1 fully saturated rings. The number of aliphatic imine (C=N–C) groups is 1. The molecule has 25 heavy (non-hydrogen) atoms. The quantitative estimate of drug-likeness (QED) is 0.302. The van der Waals surface area contributed by atoms with Crippen molar-refractivity contribution >= 4 is 11.9 Å². The van der Waals surface area contributed by atoms with Crippen LogP contribution in [0.5, 0.6) is 0 Å². The number of guanidine groups is 1. The first-order chi connectivity index (χ1) is 12.2. The minimum absolute atomic E-state index is 0.303. The Morgan fingerprint density at radius 1 is 1.12 bits per heavy atom. The van der Waals surface area contributed by atoms with Crippen LogP contribution in [0.3, 0.4) is 0 Å². The molecule has 1 saturated heterocycles. The molecule has 1 aliphatic heterocycles. The first-order valence-electron chi connectivity index (χ1n) is 10.2. The number of carbonyl (C=O) groups excluding carboxylic acids is 1. The Balaban J connectivity index is 2.22. The van der Waals surface area contributed by atoms with Crippen molar-refractivity contribution in [3.8, 4) is 0 Å². The molecule has 1 rings (SSSR count). The maximum absolute atomic E-state index is 11.6. The summed E-state index contributed by atoms with van der Waals surface area (Å²) in [6, 6.07) is 0. The van der Waals surface area contributed by atoms with Gasteiger partial charge >= 0.3 is 0 Å². The smallest absolute Gasteiger partial charge is 0.222 e. The molecule has 2 N–H and O–H groups in total. The average molecular weight is 354 g/mol. The molecule has 0 saturated carbocycles. The van der Waals surface area contributed by atoms with Gasteiger partial charge in [-0.05, 0) is 58.7 Å². The fourth-order valence-corrected chi connectivity index (χ4v) is 3.21. The van der Waals surface area contributed by atoms with Gasteiger partial charge in [0.15, 0.2) is 5.96 Å². The molecule has 1 aliphatic rings. The molecule has 146 valence electrons. The van der Waals surface area contributed by atoms with Gasteiger partial charge in [-0.2, -0.15) is 0 Å². The van der Waals surface area contributed by atoms with Crippen LogP contribution < -0.4 is 10.6 Å². The standard InChI is InChI=1S/C19H39N5O/c1-4-13-23(14-5-2)15-8-11-21-19(20-6-3)22-12-9-17-24-16-7-10-18(24)25/h4-17H2,1-3H3,(H2,20,21,22). The summed E-state index contributed by atoms with van der Waals surface area (Å²) in [6.07, 6.45) is 6.24. The van der Waals surface area contributed by atoms with E-state index in [1.165, 1.54) is 25.9 Å². The predicted octanol–water partition coefficient (Wildman–Crippen LogP) is 2.07. The van der Waals surface area contributed by atoms with Crippen molar-refractivity contribution in [2.75, 3.05) is 52.4 Å². The molecule has 0 aromatic heterocycles. The lowest BCUT2D eigenvalue weighted by molar-refractivity contribution is -0.127. The maximum Gasteiger partial charge on any atom is 0.222 e. The molecule has 0 radical (unpaired) electrons. The van der Waals surface area contributed by atoms with E-state index in [0.29, 0.717) is 5.91 Å². The minimum atomic E-state index is 0.303. The third-order valence-corrected chi connectivity index (χ3v) is 4.39. The second-order valence-corrected chi connectivity index (χ2v) is 6.72. The van der Waals surface area contributed by atoms with Crippen LogP contribution in [0, 0.1) is 0 Å². The highest BCUT2D eigenvalue weighted by Gasteiger charge is 2.18. The van der Waals surface area contributed by atoms with Crippen molar-refractivity contribution in [1.29, 1.82) is 0 Å². The molecular weight excluding hydrogens is 314 g/mol. The number of hydrogen-bond acceptors (Lipinski definition) is 3. The summed E-state index contributed by atoms with van der Waals surface area (Å²) in [5.74, 6) is 1.20. The van der Waals surface area contributed by atoms with Gasteiger partial charge in [0.2, 0.25) is 5.91 Å². The zero-order chi connectivity index (χ0) is 18.3. The van der Waals surface area contributed by atoms with E-state index in [1.54, 1.807) is 0 Å². The number of carbonyl (C=O) groups is 1. The van der Waals surface area contributed by atoms with Crippen LogP contribution in [-0.2, 0) is 4.79 Å². The van der Waals surface area contributed by atoms with Gasteiger partial charge in [0.05, 0.1) is 0 Å². The summed E-state index contributed by atoms with van der Waals surface area (Å²) in [6.45, 7) is 14.4. The topological polar surface area (TPSA) is 60.0 Å². The van der Waals surface area contributed by atoms with E-state index in [2.05, 4.69) is 41.3 Å². The Morgan fingerprint density at radius 3 is 2.48 bits per heavy atom. The minimum Gasteiger partial charge on any atom is -0.357 e. The highest BCUT2D eigenvalue weighted by Crippen LogP contribution is 2.09. The summed E-state index contributed by atoms with van der Waals surface area (Å²) in [7, 11) is 0. The molecule has 0 atom stereocenters. The average Bonchev–Trinajstić information content (AvgIpc) is 3.00. The Morgan fingerprint density at radius 2 is 1.88 bits per heavy atom. The van der Waals surface area contributed by atoms with Crippen molar-refractivity contribution in [2.24, 2.45) is 4.99 Å². The van der Waals surface area contributed by atoms with Gasteiger partial charge in [-0.15, -0.1) is 0 Å². The summed E-state index contributed by atoms with van der Waals surface area (Å²) in [4.78, 5) is 20.7. The molecule has 1 amide bonds. The van der Waals surface area contributed by atoms with Gasteiger partial charge in [-0.1, -0.05) is 13.8 Å². The lowest BCUT2D eigenvalue weighted by Gasteiger charge is -2.21. The lowest BCUT2D eigenvalue weighted by atomic mass is 10.3. The zero-order valence-electron chi connectivity index (χ0n) is 16.6. The first kappa shape index (κ1) is 21.7. The zero-order valence-corrected chi connectivity index (χ0v) is 16.6. The summed E-state index contributed by atoms with van der Waals surface area (Å²) >= 11 is 0. The number of amides is 1. The van der Waals surface area contributed by atoms with Gasteiger partial charge < -0.3 is 20.4 Å². The maximum atomic E-state index is 11.6. The number of nitrogens with zero attached hydrogens (tertiary/aromatic N) is 3. The molecule has 6 nitrogen and oxygen atoms in total. The highest BCUT2D eigenvalue weighted by molar-refractivity contribution is 5.79. The number of rotatable bonds is 13. The van der Waals surface area contributed by atoms with Gasteiger partial charge in [0.1, 0.15) is 0 Å². The third-order valence-electron chi connectivity index (χ3n) is 4.39. The van der Waals surface area contributed by atoms with E-state index in [4.69, 9.17) is 0 Å². The van der Waals surface area contributed by atoms with Crippen LogP contribution >= 0.6 is 0 Å². The number of likely N-dealkylation sites (tertiary alicyclic amines) is 1. The summed E-state index contributed by atoms with van der Waals surface area (Å²) < 4.78 is 0. The molecule has 6 heteroatoms. The van der Waals surface area contributed by atoms with Crippen LogP contribution in [0.25, 0.3) is 0 Å². The van der Waals surface area contributed by atoms with Gasteiger partial charge in [0, 0.05) is 39.1 Å². The number of nitrogens with one attached hydrogen (secondary N) is 2. The van der Waals surface area contributed by atoms with Crippen molar-refractivity contribution < 1.29 is 4.79 Å². The molecule has 0 unspecified atom stereocenters. The van der Waals surface area contributed by atoms with E-state index in [1.807, 2.05) is 4.90 Å². The lowest BCUT2D eigenvalue weighted by Crippen LogP contribution is -2.39. The van der Waals surface area contributed by atoms with E-state index >= 15 is 0 Å². The number of hydrogen-bond donors (Lipinski definition) is 2. The summed E-state index contributed by atoms with van der Waals surface area (Å²) in [5.41, 5.74) is 0. The fourth-order valence-electron chi connectivity index (χ4n) is 3.21. The normalized spacial score (nSPS) is 15.3. The molecule has 1 heterocycles. The Kier molecular flexibility index (Phi) is 12.1. The van der Waals surface area contributed by atoms with Crippen LogP contribution in [-0.4, -0.2) is 74.0 Å². The van der Waals surface area contributed by atoms with Crippen molar-refractivity contribution in [2.45, 2.75) is 59.3 Å². The monoisotopic (exact) mass is 353 g/mol. The van der Waals surface area contributed by atoms with Crippen LogP contribution in [0.4, 0.5) is 0 Å². The molecule has 0 aliphatic carbocycles. The SMILES string of the molecule is CCCN(CCC)CCCNC(=NCCCN1CCCC1=O)NCC. The molecule has 0 aromatic carbocycles. The van der Waals surface area contributed by atoms with Crippen LogP contribution in [0.1, 0.15) is 59.3 Å². The van der Waals surface area contributed by atoms with Crippen LogP contribution in [0.15, 0.2) is 4.99 Å². The Bertz CT molecular complexity index is 380. The fraction of sp³-hybridized carbons (Fsp3) is 0.895. The van der Waals surface area contributed by atoms with E-state index < -0.39 is 0 Å². The first-order valence-corrected chi connectivity index (χ1v) is 10.2. The predicted molar refractivity (Wildman–Crippen MR) is 106 cm³/mol. The van der Waals surface area contributed by atoms with E-state index in [-0.39, 0.29) is 0 Å². The van der Waals surface area contributed by atoms with Gasteiger partial charge in [0.25, 0.3) is 0 Å². The Hall–Kier alpha value is -1.30. The van der Waals surface area contributed by atoms with Gasteiger partial charge in [-0.25, -0.2) is 0 Å². The summed E-state index contributed by atoms with van der Waals surface area (Å²) in [5, 5.41) is 6.73. The van der Waals surface area contributed by atoms with Crippen molar-refractivity contribution in [1.82, 2.24) is 20.4 Å². The van der Waals surface area contributed by atoms with Crippen molar-refractivity contribution in [3.05, 3.63) is 0 Å². The largest absolute Gasteiger partial charge is 0.357 e. The van der Waals surface area contributed by atoms with E-state index in [0.717, 1.165) is 70.9 Å². The highest BCUT2D eigenvalue weighted by atomic mass is 16.2. The molecule has 0 bridgehead atoms. The van der Waals surface area contributed by atoms with Crippen molar-refractivity contribution in [3.63, 3.8) is 0 Å². The second-order valence-electron chi connectivity index (χ2n) is 6.72. The third kappa shape index (κ3) is 9.68. The second kappa shape index (κ2) is 13.9. The molecule has 0 aromatic rings. The molecular formula is C19H39N5O. The van der Waals surface area contributed by atoms with Crippen LogP contribution in [0.2, 0.25) is 0 Å². The van der Waals surface area contributed by atoms with E-state index in [9.17, 15) is 4.79 Å². The van der Waals surface area contributed by atoms with Gasteiger partial charge in [-0.3, -0.25) is 9.79 Å².